The smallest absolute Gasteiger partial charge is 0.283 e. The van der Waals surface area contributed by atoms with Crippen molar-refractivity contribution in [3.8, 4) is 5.69 Å². The minimum atomic E-state index is -0.438. The van der Waals surface area contributed by atoms with E-state index in [1.165, 1.54) is 16.8 Å². The van der Waals surface area contributed by atoms with E-state index in [9.17, 15) is 4.79 Å². The summed E-state index contributed by atoms with van der Waals surface area (Å²) in [5.41, 5.74) is 5.90. The van der Waals surface area contributed by atoms with Gasteiger partial charge in [-0.25, -0.2) is 0 Å². The molecule has 0 radical (unpaired) electrons. The SMILES string of the molecule is Cc1c(Cl)cccc1-n1c(C)cc(C=C2C(=N)N3N=C(c4ccccc4)SC3=NC2=O)c1C. The first-order chi connectivity index (χ1) is 15.8. The molecule has 0 bridgehead atoms. The zero-order chi connectivity index (χ0) is 23.3. The molecule has 5 rings (SSSR count). The molecule has 0 saturated heterocycles. The van der Waals surface area contributed by atoms with Crippen molar-refractivity contribution in [1.29, 1.82) is 5.41 Å². The van der Waals surface area contributed by atoms with Crippen LogP contribution in [-0.4, -0.2) is 31.5 Å². The summed E-state index contributed by atoms with van der Waals surface area (Å²) in [7, 11) is 0. The molecule has 33 heavy (non-hydrogen) atoms. The fourth-order valence-electron chi connectivity index (χ4n) is 3.99. The Bertz CT molecular complexity index is 1420. The van der Waals surface area contributed by atoms with Crippen molar-refractivity contribution in [3.05, 3.63) is 93.3 Å². The van der Waals surface area contributed by atoms with Crippen molar-refractivity contribution in [2.75, 3.05) is 0 Å². The molecule has 0 unspecified atom stereocenters. The van der Waals surface area contributed by atoms with Gasteiger partial charge in [0.2, 0.25) is 5.17 Å². The molecular weight excluding hydrogens is 454 g/mol. The third-order valence-corrected chi connectivity index (χ3v) is 7.09. The second-order valence-corrected chi connectivity index (χ2v) is 9.20. The highest BCUT2D eigenvalue weighted by atomic mass is 35.5. The fourth-order valence-corrected chi connectivity index (χ4v) is 5.05. The van der Waals surface area contributed by atoms with Crippen molar-refractivity contribution in [2.24, 2.45) is 10.1 Å². The normalized spacial score (nSPS) is 16.8. The molecule has 0 fully saturated rings. The third-order valence-electron chi connectivity index (χ3n) is 5.73. The zero-order valence-corrected chi connectivity index (χ0v) is 19.8. The monoisotopic (exact) mass is 473 g/mol. The topological polar surface area (TPSA) is 73.8 Å². The Hall–Kier alpha value is -3.42. The summed E-state index contributed by atoms with van der Waals surface area (Å²) in [6.07, 6.45) is 1.73. The summed E-state index contributed by atoms with van der Waals surface area (Å²) in [6, 6.07) is 17.5. The van der Waals surface area contributed by atoms with Gasteiger partial charge < -0.3 is 4.57 Å². The van der Waals surface area contributed by atoms with Gasteiger partial charge in [0.1, 0.15) is 5.04 Å². The van der Waals surface area contributed by atoms with Crippen LogP contribution < -0.4 is 0 Å². The van der Waals surface area contributed by atoms with E-state index in [2.05, 4.69) is 14.7 Å². The predicted octanol–water partition coefficient (Wildman–Crippen LogP) is 5.72. The van der Waals surface area contributed by atoms with E-state index in [0.29, 0.717) is 15.2 Å². The highest BCUT2D eigenvalue weighted by Gasteiger charge is 2.36. The van der Waals surface area contributed by atoms with Gasteiger partial charge in [-0.3, -0.25) is 10.2 Å². The Morgan fingerprint density at radius 1 is 1.06 bits per heavy atom. The van der Waals surface area contributed by atoms with Crippen LogP contribution >= 0.6 is 23.4 Å². The van der Waals surface area contributed by atoms with Gasteiger partial charge in [0.05, 0.1) is 5.57 Å². The summed E-state index contributed by atoms with van der Waals surface area (Å²) in [4.78, 5) is 17.1. The van der Waals surface area contributed by atoms with Crippen LogP contribution in [0.15, 0.2) is 70.3 Å². The average molecular weight is 474 g/mol. The molecule has 6 nitrogen and oxygen atoms in total. The highest BCUT2D eigenvalue weighted by Crippen LogP contribution is 2.32. The Morgan fingerprint density at radius 2 is 1.82 bits per heavy atom. The first-order valence-corrected chi connectivity index (χ1v) is 11.5. The number of hydrogen-bond donors (Lipinski definition) is 1. The van der Waals surface area contributed by atoms with Crippen LogP contribution in [0.3, 0.4) is 0 Å². The molecule has 0 saturated carbocycles. The molecule has 3 heterocycles. The molecular formula is C25H20ClN5OS. The lowest BCUT2D eigenvalue weighted by Crippen LogP contribution is -2.35. The number of carbonyl (C=O) groups excluding carboxylic acids is 1. The van der Waals surface area contributed by atoms with Gasteiger partial charge in [0.25, 0.3) is 5.91 Å². The van der Waals surface area contributed by atoms with E-state index >= 15 is 0 Å². The first kappa shape index (κ1) is 21.4. The maximum Gasteiger partial charge on any atom is 0.283 e. The van der Waals surface area contributed by atoms with E-state index in [-0.39, 0.29) is 11.4 Å². The largest absolute Gasteiger partial charge is 0.318 e. The number of thioether (sulfide) groups is 1. The molecule has 1 amide bonds. The summed E-state index contributed by atoms with van der Waals surface area (Å²) >= 11 is 7.64. The highest BCUT2D eigenvalue weighted by molar-refractivity contribution is 8.27. The molecule has 1 N–H and O–H groups in total. The second kappa shape index (κ2) is 8.17. The average Bonchev–Trinajstić information content (AvgIpc) is 3.34. The molecule has 0 atom stereocenters. The number of fused-ring (bicyclic) bond motifs is 1. The number of benzene rings is 2. The molecule has 3 aromatic rings. The first-order valence-electron chi connectivity index (χ1n) is 10.3. The van der Waals surface area contributed by atoms with Crippen LogP contribution in [0, 0.1) is 26.2 Å². The maximum absolute atomic E-state index is 12.9. The van der Waals surface area contributed by atoms with Crippen molar-refractivity contribution in [2.45, 2.75) is 20.8 Å². The molecule has 8 heteroatoms. The van der Waals surface area contributed by atoms with Gasteiger partial charge in [-0.2, -0.15) is 15.1 Å². The van der Waals surface area contributed by atoms with Crippen LogP contribution in [0.5, 0.6) is 0 Å². The van der Waals surface area contributed by atoms with Crippen LogP contribution in [0.1, 0.15) is 28.1 Å². The number of carbonyl (C=O) groups is 1. The van der Waals surface area contributed by atoms with E-state index in [4.69, 9.17) is 17.0 Å². The molecule has 164 valence electrons. The van der Waals surface area contributed by atoms with Crippen LogP contribution in [-0.2, 0) is 4.79 Å². The maximum atomic E-state index is 12.9. The van der Waals surface area contributed by atoms with E-state index < -0.39 is 5.91 Å². The van der Waals surface area contributed by atoms with Crippen molar-refractivity contribution in [3.63, 3.8) is 0 Å². The molecule has 2 aromatic carbocycles. The number of rotatable bonds is 3. The number of halogens is 1. The van der Waals surface area contributed by atoms with Crippen molar-refractivity contribution < 1.29 is 4.79 Å². The van der Waals surface area contributed by atoms with E-state index in [1.807, 2.05) is 75.4 Å². The quantitative estimate of drug-likeness (QED) is 0.494. The lowest BCUT2D eigenvalue weighted by molar-refractivity contribution is -0.114. The molecule has 1 aromatic heterocycles. The molecule has 0 spiro atoms. The Labute approximate surface area is 200 Å². The van der Waals surface area contributed by atoms with Gasteiger partial charge in [-0.15, -0.1) is 0 Å². The lowest BCUT2D eigenvalue weighted by Gasteiger charge is -2.20. The molecule has 2 aliphatic rings. The summed E-state index contributed by atoms with van der Waals surface area (Å²) in [6.45, 7) is 5.98. The summed E-state index contributed by atoms with van der Waals surface area (Å²) < 4.78 is 2.11. The molecule has 2 aliphatic heterocycles. The van der Waals surface area contributed by atoms with Crippen LogP contribution in [0.25, 0.3) is 11.8 Å². The number of amidine groups is 2. The number of aromatic nitrogens is 1. The van der Waals surface area contributed by atoms with Crippen LogP contribution in [0.4, 0.5) is 0 Å². The Kier molecular flexibility index (Phi) is 5.31. The van der Waals surface area contributed by atoms with Crippen LogP contribution in [0.2, 0.25) is 5.02 Å². The van der Waals surface area contributed by atoms with Gasteiger partial charge in [0, 0.05) is 27.7 Å². The number of nitrogens with one attached hydrogen (secondary N) is 1. The van der Waals surface area contributed by atoms with Crippen molar-refractivity contribution >= 4 is 51.4 Å². The van der Waals surface area contributed by atoms with Crippen molar-refractivity contribution in [1.82, 2.24) is 9.58 Å². The van der Waals surface area contributed by atoms with Gasteiger partial charge >= 0.3 is 0 Å². The van der Waals surface area contributed by atoms with Gasteiger partial charge in [-0.05, 0) is 67.9 Å². The summed E-state index contributed by atoms with van der Waals surface area (Å²) in [5, 5.41) is 16.5. The predicted molar refractivity (Wildman–Crippen MR) is 136 cm³/mol. The number of aryl methyl sites for hydroxylation is 1. The Balaban J connectivity index is 1.54. The fraction of sp³-hybridized carbons (Fsp3) is 0.120. The number of hydrogen-bond acceptors (Lipinski definition) is 4. The van der Waals surface area contributed by atoms with E-state index in [1.54, 1.807) is 6.08 Å². The lowest BCUT2D eigenvalue weighted by atomic mass is 10.1. The van der Waals surface area contributed by atoms with Gasteiger partial charge in [-0.1, -0.05) is 48.0 Å². The minimum absolute atomic E-state index is 0.0205. The summed E-state index contributed by atoms with van der Waals surface area (Å²) in [5.74, 6) is -0.417. The standard InChI is InChI=1S/C25H20ClN5OS/c1-14-12-18(16(3)30(14)21-11-7-10-20(26)15(21)2)13-19-22(27)31-25(28-23(19)32)33-24(29-31)17-8-5-4-6-9-17/h4-13,27H,1-3H3. The molecule has 0 aliphatic carbocycles. The zero-order valence-electron chi connectivity index (χ0n) is 18.3. The minimum Gasteiger partial charge on any atom is -0.318 e. The number of nitrogens with zero attached hydrogens (tertiary/aromatic N) is 4. The second-order valence-electron chi connectivity index (χ2n) is 7.84. The third kappa shape index (κ3) is 3.63. The van der Waals surface area contributed by atoms with E-state index in [0.717, 1.165) is 33.8 Å². The number of aliphatic imine (C=N–C) groups is 1. The number of hydrazone groups is 1. The Morgan fingerprint density at radius 3 is 2.58 bits per heavy atom. The van der Waals surface area contributed by atoms with Gasteiger partial charge in [0.15, 0.2) is 5.84 Å². The number of amides is 1.